The molecule has 4 rings (SSSR count). The summed E-state index contributed by atoms with van der Waals surface area (Å²) in [4.78, 5) is 19.8. The molecular weight excluding hydrogens is 388 g/mol. The van der Waals surface area contributed by atoms with Gasteiger partial charge in [0.15, 0.2) is 0 Å². The molecule has 2 aromatic heterocycles. The van der Waals surface area contributed by atoms with Crippen LogP contribution in [-0.2, 0) is 19.4 Å². The maximum Gasteiger partial charge on any atom is 0.262 e. The van der Waals surface area contributed by atoms with E-state index in [-0.39, 0.29) is 5.56 Å². The third-order valence-electron chi connectivity index (χ3n) is 4.52. The predicted molar refractivity (Wildman–Crippen MR) is 100 cm³/mol. The molecule has 1 aromatic carbocycles. The molecule has 24 heavy (non-hydrogen) atoms. The Hall–Kier alpha value is -1.66. The molecule has 0 spiro atoms. The molecule has 0 unspecified atom stereocenters. The van der Waals surface area contributed by atoms with Gasteiger partial charge < -0.3 is 4.74 Å². The molecule has 0 bridgehead atoms. The number of hydrogen-bond acceptors (Lipinski definition) is 4. The average Bonchev–Trinajstić information content (AvgIpc) is 2.97. The van der Waals surface area contributed by atoms with Crippen LogP contribution in [0.2, 0.25) is 0 Å². The third kappa shape index (κ3) is 2.67. The Kier molecular flexibility index (Phi) is 4.18. The van der Waals surface area contributed by atoms with Gasteiger partial charge in [-0.3, -0.25) is 9.36 Å². The van der Waals surface area contributed by atoms with E-state index in [2.05, 4.69) is 20.9 Å². The maximum atomic E-state index is 13.0. The average molecular weight is 405 g/mol. The Morgan fingerprint density at radius 2 is 2.17 bits per heavy atom. The zero-order valence-electron chi connectivity index (χ0n) is 13.3. The second-order valence-electron chi connectivity index (χ2n) is 6.02. The van der Waals surface area contributed by atoms with Crippen LogP contribution >= 0.6 is 27.3 Å². The van der Waals surface area contributed by atoms with Gasteiger partial charge in [-0.05, 0) is 49.4 Å². The van der Waals surface area contributed by atoms with E-state index >= 15 is 0 Å². The molecule has 0 N–H and O–H groups in total. The van der Waals surface area contributed by atoms with E-state index in [0.29, 0.717) is 6.54 Å². The topological polar surface area (TPSA) is 44.1 Å². The Morgan fingerprint density at radius 3 is 3.00 bits per heavy atom. The van der Waals surface area contributed by atoms with Crippen molar-refractivity contribution >= 4 is 37.5 Å². The lowest BCUT2D eigenvalue weighted by molar-refractivity contribution is 0.408. The molecule has 0 amide bonds. The number of benzene rings is 1. The summed E-state index contributed by atoms with van der Waals surface area (Å²) in [5, 5.41) is 0.825. The summed E-state index contributed by atoms with van der Waals surface area (Å²) in [6.45, 7) is 0.453. The van der Waals surface area contributed by atoms with Crippen molar-refractivity contribution < 1.29 is 4.74 Å². The number of ether oxygens (including phenoxy) is 1. The zero-order chi connectivity index (χ0) is 16.7. The molecule has 4 nitrogen and oxygen atoms in total. The van der Waals surface area contributed by atoms with Gasteiger partial charge in [-0.2, -0.15) is 0 Å². The fourth-order valence-corrected chi connectivity index (χ4v) is 4.98. The molecule has 0 radical (unpaired) electrons. The first kappa shape index (κ1) is 15.8. The minimum atomic E-state index is 0.0569. The first-order chi connectivity index (χ1) is 11.7. The van der Waals surface area contributed by atoms with Gasteiger partial charge in [-0.1, -0.05) is 15.9 Å². The van der Waals surface area contributed by atoms with Gasteiger partial charge in [0.25, 0.3) is 5.56 Å². The fraction of sp³-hybridized carbons (Fsp3) is 0.333. The van der Waals surface area contributed by atoms with E-state index < -0.39 is 0 Å². The van der Waals surface area contributed by atoms with E-state index in [9.17, 15) is 4.79 Å². The molecular formula is C18H17BrN2O2S. The Morgan fingerprint density at radius 1 is 1.33 bits per heavy atom. The van der Waals surface area contributed by atoms with Crippen molar-refractivity contribution in [3.05, 3.63) is 55.4 Å². The number of rotatable bonds is 3. The summed E-state index contributed by atoms with van der Waals surface area (Å²) in [5.41, 5.74) is 2.25. The minimum absolute atomic E-state index is 0.0569. The normalized spacial score (nSPS) is 13.9. The molecule has 0 atom stereocenters. The molecule has 6 heteroatoms. The fourth-order valence-electron chi connectivity index (χ4n) is 3.35. The summed E-state index contributed by atoms with van der Waals surface area (Å²) in [6.07, 6.45) is 6.11. The van der Waals surface area contributed by atoms with Crippen molar-refractivity contribution in [3.8, 4) is 5.75 Å². The summed E-state index contributed by atoms with van der Waals surface area (Å²) >= 11 is 5.17. The Labute approximate surface area is 152 Å². The van der Waals surface area contributed by atoms with Crippen molar-refractivity contribution in [2.75, 3.05) is 7.11 Å². The van der Waals surface area contributed by atoms with Gasteiger partial charge >= 0.3 is 0 Å². The second kappa shape index (κ2) is 6.33. The largest absolute Gasteiger partial charge is 0.496 e. The quantitative estimate of drug-likeness (QED) is 0.658. The first-order valence-corrected chi connectivity index (χ1v) is 9.60. The predicted octanol–water partition coefficient (Wildman–Crippen LogP) is 4.16. The Bertz CT molecular complexity index is 977. The smallest absolute Gasteiger partial charge is 0.262 e. The van der Waals surface area contributed by atoms with Crippen LogP contribution in [0.3, 0.4) is 0 Å². The standard InChI is InChI=1S/C18H17BrN2O2S/c1-23-14-7-6-12(19)8-11(14)9-21-10-20-17-16(18(21)22)13-4-2-3-5-15(13)24-17/h6-8,10H,2-5,9H2,1H3. The summed E-state index contributed by atoms with van der Waals surface area (Å²) in [5.74, 6) is 0.776. The van der Waals surface area contributed by atoms with Crippen LogP contribution in [0.25, 0.3) is 10.2 Å². The van der Waals surface area contributed by atoms with Gasteiger partial charge in [0.05, 0.1) is 25.4 Å². The summed E-state index contributed by atoms with van der Waals surface area (Å²) in [7, 11) is 1.65. The number of aromatic nitrogens is 2. The van der Waals surface area contributed by atoms with Gasteiger partial charge in [0, 0.05) is 14.9 Å². The SMILES string of the molecule is COc1ccc(Br)cc1Cn1cnc2sc3c(c2c1=O)CCCC3. The van der Waals surface area contributed by atoms with Crippen molar-refractivity contribution in [2.45, 2.75) is 32.2 Å². The van der Waals surface area contributed by atoms with Gasteiger partial charge in [0.1, 0.15) is 10.6 Å². The second-order valence-corrected chi connectivity index (χ2v) is 8.02. The molecule has 0 saturated carbocycles. The number of hydrogen-bond donors (Lipinski definition) is 0. The Balaban J connectivity index is 1.82. The highest BCUT2D eigenvalue weighted by atomic mass is 79.9. The van der Waals surface area contributed by atoms with E-state index in [1.54, 1.807) is 29.3 Å². The molecule has 1 aliphatic rings. The van der Waals surface area contributed by atoms with E-state index in [4.69, 9.17) is 4.74 Å². The molecule has 1 aliphatic carbocycles. The van der Waals surface area contributed by atoms with Crippen molar-refractivity contribution in [2.24, 2.45) is 0 Å². The van der Waals surface area contributed by atoms with Crippen LogP contribution in [-0.4, -0.2) is 16.7 Å². The lowest BCUT2D eigenvalue weighted by atomic mass is 9.97. The number of aryl methyl sites for hydroxylation is 2. The number of fused-ring (bicyclic) bond motifs is 3. The lowest BCUT2D eigenvalue weighted by Gasteiger charge is -2.12. The van der Waals surface area contributed by atoms with Crippen LogP contribution in [0.5, 0.6) is 5.75 Å². The van der Waals surface area contributed by atoms with Gasteiger partial charge in [0.2, 0.25) is 0 Å². The summed E-state index contributed by atoms with van der Waals surface area (Å²) in [6, 6.07) is 5.82. The maximum absolute atomic E-state index is 13.0. The molecule has 0 saturated heterocycles. The van der Waals surface area contributed by atoms with Crippen LogP contribution in [0.15, 0.2) is 33.8 Å². The van der Waals surface area contributed by atoms with Gasteiger partial charge in [-0.25, -0.2) is 4.98 Å². The number of nitrogens with zero attached hydrogens (tertiary/aromatic N) is 2. The molecule has 3 aromatic rings. The highest BCUT2D eigenvalue weighted by molar-refractivity contribution is 9.10. The van der Waals surface area contributed by atoms with E-state index in [0.717, 1.165) is 45.3 Å². The first-order valence-electron chi connectivity index (χ1n) is 7.99. The lowest BCUT2D eigenvalue weighted by Crippen LogP contribution is -2.22. The van der Waals surface area contributed by atoms with E-state index in [1.807, 2.05) is 18.2 Å². The minimum Gasteiger partial charge on any atom is -0.496 e. The highest BCUT2D eigenvalue weighted by Crippen LogP contribution is 2.33. The van der Waals surface area contributed by atoms with Crippen LogP contribution in [0.4, 0.5) is 0 Å². The van der Waals surface area contributed by atoms with Crippen molar-refractivity contribution in [1.82, 2.24) is 9.55 Å². The monoisotopic (exact) mass is 404 g/mol. The third-order valence-corrected chi connectivity index (χ3v) is 6.22. The number of methoxy groups -OCH3 is 1. The molecule has 0 fully saturated rings. The van der Waals surface area contributed by atoms with Crippen molar-refractivity contribution in [1.29, 1.82) is 0 Å². The van der Waals surface area contributed by atoms with Crippen LogP contribution in [0.1, 0.15) is 28.8 Å². The van der Waals surface area contributed by atoms with Gasteiger partial charge in [-0.15, -0.1) is 11.3 Å². The number of thiophene rings is 1. The summed E-state index contributed by atoms with van der Waals surface area (Å²) < 4.78 is 8.08. The highest BCUT2D eigenvalue weighted by Gasteiger charge is 2.20. The molecule has 2 heterocycles. The van der Waals surface area contributed by atoms with Crippen molar-refractivity contribution in [3.63, 3.8) is 0 Å². The zero-order valence-corrected chi connectivity index (χ0v) is 15.7. The number of halogens is 1. The molecule has 0 aliphatic heterocycles. The van der Waals surface area contributed by atoms with Crippen LogP contribution in [0, 0.1) is 0 Å². The van der Waals surface area contributed by atoms with Crippen LogP contribution < -0.4 is 10.3 Å². The van der Waals surface area contributed by atoms with E-state index in [1.165, 1.54) is 16.9 Å². The molecule has 124 valence electrons.